The molecule has 1 atom stereocenters. The second-order valence-electron chi connectivity index (χ2n) is 7.69. The van der Waals surface area contributed by atoms with Gasteiger partial charge in [-0.15, -0.1) is 0 Å². The van der Waals surface area contributed by atoms with Crippen LogP contribution in [0.2, 0.25) is 0 Å². The number of amides is 2. The highest BCUT2D eigenvalue weighted by Crippen LogP contribution is 2.18. The van der Waals surface area contributed by atoms with Crippen LogP contribution < -0.4 is 14.8 Å². The molecule has 0 fully saturated rings. The summed E-state index contributed by atoms with van der Waals surface area (Å²) in [6.45, 7) is -0.0771. The van der Waals surface area contributed by atoms with Crippen LogP contribution in [0.3, 0.4) is 0 Å². The molecule has 0 spiro atoms. The van der Waals surface area contributed by atoms with Crippen LogP contribution in [0.25, 0.3) is 0 Å². The second kappa shape index (κ2) is 13.0. The zero-order chi connectivity index (χ0) is 24.2. The third-order valence-electron chi connectivity index (χ3n) is 5.30. The minimum atomic E-state index is -0.789. The first-order valence-corrected chi connectivity index (χ1v) is 11.1. The van der Waals surface area contributed by atoms with E-state index in [2.05, 4.69) is 5.32 Å². The number of ether oxygens (including phenoxy) is 2. The number of aliphatic hydroxyl groups is 1. The third kappa shape index (κ3) is 7.35. The highest BCUT2D eigenvalue weighted by Gasteiger charge is 2.30. The van der Waals surface area contributed by atoms with Crippen molar-refractivity contribution in [3.8, 4) is 11.5 Å². The van der Waals surface area contributed by atoms with Crippen LogP contribution in [-0.4, -0.2) is 54.7 Å². The molecule has 0 aliphatic rings. The zero-order valence-corrected chi connectivity index (χ0v) is 19.2. The fourth-order valence-electron chi connectivity index (χ4n) is 3.52. The van der Waals surface area contributed by atoms with E-state index in [9.17, 15) is 14.7 Å². The van der Waals surface area contributed by atoms with Crippen LogP contribution in [0.5, 0.6) is 11.5 Å². The summed E-state index contributed by atoms with van der Waals surface area (Å²) in [7, 11) is 1.59. The van der Waals surface area contributed by atoms with Gasteiger partial charge in [-0.3, -0.25) is 9.59 Å². The Morgan fingerprint density at radius 3 is 2.15 bits per heavy atom. The molecule has 0 aliphatic heterocycles. The number of methoxy groups -OCH3 is 1. The van der Waals surface area contributed by atoms with E-state index in [1.807, 2.05) is 72.8 Å². The van der Waals surface area contributed by atoms with Crippen molar-refractivity contribution in [1.29, 1.82) is 0 Å². The van der Waals surface area contributed by atoms with Crippen LogP contribution in [0.4, 0.5) is 0 Å². The first kappa shape index (κ1) is 24.8. The number of benzene rings is 3. The van der Waals surface area contributed by atoms with Gasteiger partial charge in [-0.1, -0.05) is 60.7 Å². The number of aliphatic hydroxyl groups excluding tert-OH is 1. The Morgan fingerprint density at radius 2 is 1.53 bits per heavy atom. The first-order chi connectivity index (χ1) is 16.6. The quantitative estimate of drug-likeness (QED) is 0.432. The fraction of sp³-hybridized carbons (Fsp3) is 0.259. The summed E-state index contributed by atoms with van der Waals surface area (Å²) < 4.78 is 10.9. The Bertz CT molecular complexity index is 1030. The Hall–Kier alpha value is -3.84. The summed E-state index contributed by atoms with van der Waals surface area (Å²) in [5, 5.41) is 11.9. The monoisotopic (exact) mass is 462 g/mol. The molecule has 0 saturated heterocycles. The largest absolute Gasteiger partial charge is 0.497 e. The van der Waals surface area contributed by atoms with E-state index in [0.29, 0.717) is 17.9 Å². The first-order valence-electron chi connectivity index (χ1n) is 11.1. The smallest absolute Gasteiger partial charge is 0.261 e. The van der Waals surface area contributed by atoms with Gasteiger partial charge in [0, 0.05) is 19.5 Å². The van der Waals surface area contributed by atoms with Gasteiger partial charge in [-0.05, 0) is 35.4 Å². The predicted molar refractivity (Wildman–Crippen MR) is 130 cm³/mol. The average Bonchev–Trinajstić information content (AvgIpc) is 2.89. The van der Waals surface area contributed by atoms with Gasteiger partial charge in [0.2, 0.25) is 5.91 Å². The zero-order valence-electron chi connectivity index (χ0n) is 19.2. The minimum Gasteiger partial charge on any atom is -0.497 e. The molecule has 2 N–H and O–H groups in total. The molecule has 0 bridgehead atoms. The van der Waals surface area contributed by atoms with E-state index in [1.54, 1.807) is 19.2 Å². The average molecular weight is 463 g/mol. The molecular weight excluding hydrogens is 432 g/mol. The van der Waals surface area contributed by atoms with Crippen LogP contribution in [-0.2, 0) is 22.6 Å². The Morgan fingerprint density at radius 1 is 0.882 bits per heavy atom. The number of rotatable bonds is 12. The van der Waals surface area contributed by atoms with Gasteiger partial charge in [0.1, 0.15) is 17.5 Å². The van der Waals surface area contributed by atoms with E-state index in [1.165, 1.54) is 4.90 Å². The summed E-state index contributed by atoms with van der Waals surface area (Å²) in [6, 6.07) is 25.2. The number of para-hydroxylation sites is 1. The molecular formula is C27H30N2O5. The van der Waals surface area contributed by atoms with Crippen molar-refractivity contribution in [3.05, 3.63) is 96.1 Å². The van der Waals surface area contributed by atoms with E-state index < -0.39 is 6.04 Å². The van der Waals surface area contributed by atoms with Gasteiger partial charge in [0.05, 0.1) is 13.7 Å². The Labute approximate surface area is 199 Å². The molecule has 3 aromatic carbocycles. The van der Waals surface area contributed by atoms with Crippen molar-refractivity contribution in [1.82, 2.24) is 10.2 Å². The molecule has 0 heterocycles. The van der Waals surface area contributed by atoms with Crippen molar-refractivity contribution in [2.75, 3.05) is 26.9 Å². The third-order valence-corrected chi connectivity index (χ3v) is 5.30. The summed E-state index contributed by atoms with van der Waals surface area (Å²) in [4.78, 5) is 28.1. The minimum absolute atomic E-state index is 0.106. The van der Waals surface area contributed by atoms with E-state index in [0.717, 1.165) is 11.1 Å². The summed E-state index contributed by atoms with van der Waals surface area (Å²) in [5.41, 5.74) is 1.77. The van der Waals surface area contributed by atoms with Crippen LogP contribution in [0.1, 0.15) is 11.1 Å². The van der Waals surface area contributed by atoms with Crippen molar-refractivity contribution in [2.24, 2.45) is 0 Å². The molecule has 7 heteroatoms. The number of nitrogens with one attached hydrogen (secondary N) is 1. The van der Waals surface area contributed by atoms with Crippen LogP contribution in [0, 0.1) is 0 Å². The second-order valence-corrected chi connectivity index (χ2v) is 7.69. The van der Waals surface area contributed by atoms with Crippen LogP contribution in [0.15, 0.2) is 84.9 Å². The van der Waals surface area contributed by atoms with Crippen LogP contribution >= 0.6 is 0 Å². The highest BCUT2D eigenvalue weighted by molar-refractivity contribution is 5.88. The van der Waals surface area contributed by atoms with Gasteiger partial charge < -0.3 is 24.8 Å². The Kier molecular flexibility index (Phi) is 9.49. The van der Waals surface area contributed by atoms with E-state index >= 15 is 0 Å². The fourth-order valence-corrected chi connectivity index (χ4v) is 3.52. The molecule has 0 aliphatic carbocycles. The molecule has 0 saturated carbocycles. The molecule has 2 amide bonds. The van der Waals surface area contributed by atoms with Gasteiger partial charge in [-0.2, -0.15) is 0 Å². The molecule has 3 rings (SSSR count). The molecule has 34 heavy (non-hydrogen) atoms. The predicted octanol–water partition coefficient (Wildman–Crippen LogP) is 2.82. The lowest BCUT2D eigenvalue weighted by atomic mass is 10.0. The van der Waals surface area contributed by atoms with Gasteiger partial charge in [-0.25, -0.2) is 0 Å². The molecule has 7 nitrogen and oxygen atoms in total. The van der Waals surface area contributed by atoms with E-state index in [4.69, 9.17) is 9.47 Å². The van der Waals surface area contributed by atoms with Gasteiger partial charge >= 0.3 is 0 Å². The van der Waals surface area contributed by atoms with Crippen molar-refractivity contribution >= 4 is 11.8 Å². The van der Waals surface area contributed by atoms with Gasteiger partial charge in [0.15, 0.2) is 6.61 Å². The molecule has 0 unspecified atom stereocenters. The molecule has 0 radical (unpaired) electrons. The topological polar surface area (TPSA) is 88.1 Å². The van der Waals surface area contributed by atoms with Gasteiger partial charge in [0.25, 0.3) is 5.91 Å². The summed E-state index contributed by atoms with van der Waals surface area (Å²) in [6.07, 6.45) is 0.325. The number of hydrogen-bond donors (Lipinski definition) is 2. The number of carbonyl (C=O) groups excluding carboxylic acids is 2. The van der Waals surface area contributed by atoms with Crippen molar-refractivity contribution in [2.45, 2.75) is 19.0 Å². The maximum atomic E-state index is 13.4. The lowest BCUT2D eigenvalue weighted by Crippen LogP contribution is -2.52. The van der Waals surface area contributed by atoms with E-state index in [-0.39, 0.29) is 38.1 Å². The normalized spacial score (nSPS) is 11.4. The highest BCUT2D eigenvalue weighted by atomic mass is 16.5. The maximum absolute atomic E-state index is 13.4. The maximum Gasteiger partial charge on any atom is 0.261 e. The van der Waals surface area contributed by atoms with Crippen molar-refractivity contribution < 1.29 is 24.2 Å². The molecule has 3 aromatic rings. The number of carbonyl (C=O) groups is 2. The number of nitrogens with zero attached hydrogens (tertiary/aromatic N) is 1. The lowest BCUT2D eigenvalue weighted by Gasteiger charge is -2.31. The number of hydrogen-bond acceptors (Lipinski definition) is 5. The molecule has 178 valence electrons. The Balaban J connectivity index is 1.88. The summed E-state index contributed by atoms with van der Waals surface area (Å²) in [5.74, 6) is 0.624. The SMILES string of the molecule is COc1ccc(CN(C(=O)COc2ccccc2)[C@@H](Cc2ccccc2)C(=O)NCCO)cc1. The molecule has 0 aromatic heterocycles. The lowest BCUT2D eigenvalue weighted by molar-refractivity contribution is -0.142. The standard InChI is InChI=1S/C27H30N2O5/c1-33-23-14-12-22(13-15-23)19-29(26(31)20-34-24-10-6-3-7-11-24)25(27(32)28-16-17-30)18-21-8-4-2-5-9-21/h2-15,25,30H,16-20H2,1H3,(H,28,32)/t25-/m0/s1. The summed E-state index contributed by atoms with van der Waals surface area (Å²) >= 11 is 0. The van der Waals surface area contributed by atoms with Crippen molar-refractivity contribution in [3.63, 3.8) is 0 Å².